The Morgan fingerprint density at radius 3 is 2.35 bits per heavy atom. The maximum atomic E-state index is 13.3. The normalized spacial score (nSPS) is 19.7. The van der Waals surface area contributed by atoms with Crippen LogP contribution in [0.3, 0.4) is 0 Å². The SMILES string of the molecule is O=C(CN1CCc2sccc2[C@H]1c1ccccc1)N1CCN(S(=O)(=O)c2ccc(Cl)cc2)CC1. The first-order valence-electron chi connectivity index (χ1n) is 11.3. The summed E-state index contributed by atoms with van der Waals surface area (Å²) in [5.74, 6) is 0.0446. The van der Waals surface area contributed by atoms with E-state index in [2.05, 4.69) is 28.5 Å². The van der Waals surface area contributed by atoms with Gasteiger partial charge in [-0.05, 0) is 53.3 Å². The van der Waals surface area contributed by atoms with Gasteiger partial charge in [0, 0.05) is 42.6 Å². The Hall–Kier alpha value is -2.23. The fourth-order valence-electron chi connectivity index (χ4n) is 4.77. The van der Waals surface area contributed by atoms with Gasteiger partial charge < -0.3 is 4.90 Å². The average Bonchev–Trinajstić information content (AvgIpc) is 3.34. The topological polar surface area (TPSA) is 60.9 Å². The van der Waals surface area contributed by atoms with Crippen molar-refractivity contribution >= 4 is 38.9 Å². The van der Waals surface area contributed by atoms with E-state index in [-0.39, 0.29) is 29.9 Å². The lowest BCUT2D eigenvalue weighted by Crippen LogP contribution is -2.53. The molecule has 178 valence electrons. The van der Waals surface area contributed by atoms with Crippen LogP contribution < -0.4 is 0 Å². The van der Waals surface area contributed by atoms with Crippen LogP contribution in [0.1, 0.15) is 22.0 Å². The van der Waals surface area contributed by atoms with Gasteiger partial charge in [0.1, 0.15) is 0 Å². The number of thiophene rings is 1. The van der Waals surface area contributed by atoms with Crippen molar-refractivity contribution < 1.29 is 13.2 Å². The lowest BCUT2D eigenvalue weighted by molar-refractivity contribution is -0.134. The van der Waals surface area contributed by atoms with Gasteiger partial charge in [0.2, 0.25) is 15.9 Å². The van der Waals surface area contributed by atoms with Crippen LogP contribution in [0.5, 0.6) is 0 Å². The summed E-state index contributed by atoms with van der Waals surface area (Å²) in [7, 11) is -3.60. The Morgan fingerprint density at radius 1 is 0.941 bits per heavy atom. The molecule has 0 radical (unpaired) electrons. The Labute approximate surface area is 209 Å². The third-order valence-corrected chi connectivity index (χ3v) is 9.72. The number of rotatable bonds is 5. The molecule has 0 saturated carbocycles. The summed E-state index contributed by atoms with van der Waals surface area (Å²) in [6, 6.07) is 18.8. The number of hydrogen-bond acceptors (Lipinski definition) is 5. The summed E-state index contributed by atoms with van der Waals surface area (Å²) in [6.07, 6.45) is 0.941. The van der Waals surface area contributed by atoms with Crippen molar-refractivity contribution in [1.82, 2.24) is 14.1 Å². The molecule has 1 saturated heterocycles. The first-order chi connectivity index (χ1) is 16.4. The standard InChI is InChI=1S/C25H26ClN3O3S2/c26-20-6-8-21(9-7-20)34(31,32)29-15-13-27(14-16-29)24(30)18-28-12-10-23-22(11-17-33-23)25(28)19-4-2-1-3-5-19/h1-9,11,17,25H,10,12-16,18H2/t25-/m1/s1. The predicted molar refractivity (Wildman–Crippen MR) is 135 cm³/mol. The minimum absolute atomic E-state index is 0.0446. The molecule has 2 aliphatic heterocycles. The molecule has 1 amide bonds. The molecule has 3 aromatic rings. The molecule has 1 atom stereocenters. The number of fused-ring (bicyclic) bond motifs is 1. The highest BCUT2D eigenvalue weighted by atomic mass is 35.5. The van der Waals surface area contributed by atoms with E-state index in [4.69, 9.17) is 11.6 Å². The summed E-state index contributed by atoms with van der Waals surface area (Å²) >= 11 is 7.68. The largest absolute Gasteiger partial charge is 0.339 e. The van der Waals surface area contributed by atoms with Crippen molar-refractivity contribution in [2.45, 2.75) is 17.4 Å². The van der Waals surface area contributed by atoms with Gasteiger partial charge in [0.25, 0.3) is 0 Å². The first kappa shape index (κ1) is 23.5. The molecule has 0 spiro atoms. The minimum atomic E-state index is -3.60. The summed E-state index contributed by atoms with van der Waals surface area (Å²) in [6.45, 7) is 2.49. The first-order valence-corrected chi connectivity index (χ1v) is 14.0. The minimum Gasteiger partial charge on any atom is -0.339 e. The second kappa shape index (κ2) is 9.79. The van der Waals surface area contributed by atoms with Crippen LogP contribution in [-0.4, -0.2) is 67.7 Å². The number of carbonyl (C=O) groups is 1. The van der Waals surface area contributed by atoms with E-state index in [0.29, 0.717) is 24.7 Å². The number of amides is 1. The van der Waals surface area contributed by atoms with E-state index in [1.165, 1.54) is 32.4 Å². The zero-order chi connectivity index (χ0) is 23.7. The van der Waals surface area contributed by atoms with Crippen molar-refractivity contribution in [3.8, 4) is 0 Å². The highest BCUT2D eigenvalue weighted by Gasteiger charge is 2.34. The van der Waals surface area contributed by atoms with Crippen molar-refractivity contribution in [3.63, 3.8) is 0 Å². The third-order valence-electron chi connectivity index (χ3n) is 6.56. The van der Waals surface area contributed by atoms with Crippen LogP contribution in [0, 0.1) is 0 Å². The fourth-order valence-corrected chi connectivity index (χ4v) is 7.22. The number of nitrogens with zero attached hydrogens (tertiary/aromatic N) is 3. The highest BCUT2D eigenvalue weighted by Crippen LogP contribution is 2.37. The van der Waals surface area contributed by atoms with Gasteiger partial charge in [-0.1, -0.05) is 41.9 Å². The van der Waals surface area contributed by atoms with Crippen molar-refractivity contribution in [3.05, 3.63) is 87.1 Å². The molecular weight excluding hydrogens is 490 g/mol. The predicted octanol–water partition coefficient (Wildman–Crippen LogP) is 3.88. The number of halogens is 1. The lowest BCUT2D eigenvalue weighted by atomic mass is 9.93. The Morgan fingerprint density at radius 2 is 1.65 bits per heavy atom. The third kappa shape index (κ3) is 4.65. The van der Waals surface area contributed by atoms with Crippen LogP contribution in [0.15, 0.2) is 70.9 Å². The van der Waals surface area contributed by atoms with Crippen LogP contribution in [-0.2, 0) is 21.2 Å². The molecule has 34 heavy (non-hydrogen) atoms. The lowest BCUT2D eigenvalue weighted by Gasteiger charge is -2.39. The van der Waals surface area contributed by atoms with E-state index in [9.17, 15) is 13.2 Å². The van der Waals surface area contributed by atoms with E-state index < -0.39 is 10.0 Å². The molecule has 3 heterocycles. The zero-order valence-corrected chi connectivity index (χ0v) is 21.0. The maximum absolute atomic E-state index is 13.3. The quantitative estimate of drug-likeness (QED) is 0.517. The second-order valence-corrected chi connectivity index (χ2v) is 11.9. The molecule has 0 bridgehead atoms. The van der Waals surface area contributed by atoms with Crippen molar-refractivity contribution in [1.29, 1.82) is 0 Å². The van der Waals surface area contributed by atoms with Crippen molar-refractivity contribution in [2.24, 2.45) is 0 Å². The molecule has 6 nitrogen and oxygen atoms in total. The summed E-state index contributed by atoms with van der Waals surface area (Å²) < 4.78 is 27.4. The number of sulfonamides is 1. The average molecular weight is 516 g/mol. The molecule has 1 aromatic heterocycles. The van der Waals surface area contributed by atoms with Gasteiger partial charge in [-0.15, -0.1) is 11.3 Å². The van der Waals surface area contributed by atoms with E-state index in [1.807, 2.05) is 18.2 Å². The smallest absolute Gasteiger partial charge is 0.243 e. The van der Waals surface area contributed by atoms with Crippen LogP contribution in [0.2, 0.25) is 5.02 Å². The number of carbonyl (C=O) groups excluding carboxylic acids is 1. The molecular formula is C25H26ClN3O3S2. The molecule has 2 aliphatic rings. The van der Waals surface area contributed by atoms with Crippen LogP contribution in [0.4, 0.5) is 0 Å². The fraction of sp³-hybridized carbons (Fsp3) is 0.320. The summed E-state index contributed by atoms with van der Waals surface area (Å²) in [5.41, 5.74) is 2.47. The maximum Gasteiger partial charge on any atom is 0.243 e. The van der Waals surface area contributed by atoms with Crippen LogP contribution in [0.25, 0.3) is 0 Å². The monoisotopic (exact) mass is 515 g/mol. The van der Waals surface area contributed by atoms with Gasteiger partial charge in [-0.2, -0.15) is 4.31 Å². The molecule has 9 heteroatoms. The van der Waals surface area contributed by atoms with E-state index in [0.717, 1.165) is 13.0 Å². The van der Waals surface area contributed by atoms with E-state index >= 15 is 0 Å². The summed E-state index contributed by atoms with van der Waals surface area (Å²) in [4.78, 5) is 18.9. The second-order valence-electron chi connectivity index (χ2n) is 8.57. The molecule has 0 N–H and O–H groups in total. The highest BCUT2D eigenvalue weighted by molar-refractivity contribution is 7.89. The Bertz CT molecular complexity index is 1250. The molecule has 5 rings (SSSR count). The van der Waals surface area contributed by atoms with Crippen molar-refractivity contribution in [2.75, 3.05) is 39.3 Å². The van der Waals surface area contributed by atoms with Gasteiger partial charge >= 0.3 is 0 Å². The molecule has 0 aliphatic carbocycles. The van der Waals surface area contributed by atoms with Gasteiger partial charge in [-0.25, -0.2) is 8.42 Å². The van der Waals surface area contributed by atoms with Crippen LogP contribution >= 0.6 is 22.9 Å². The van der Waals surface area contributed by atoms with Gasteiger partial charge in [0.05, 0.1) is 17.5 Å². The van der Waals surface area contributed by atoms with Gasteiger partial charge in [0.15, 0.2) is 0 Å². The Balaban J connectivity index is 1.26. The number of hydrogen-bond donors (Lipinski definition) is 0. The molecule has 2 aromatic carbocycles. The van der Waals surface area contributed by atoms with E-state index in [1.54, 1.807) is 28.4 Å². The Kier molecular flexibility index (Phi) is 6.77. The number of benzene rings is 2. The van der Waals surface area contributed by atoms with Gasteiger partial charge in [-0.3, -0.25) is 9.69 Å². The zero-order valence-electron chi connectivity index (χ0n) is 18.6. The molecule has 0 unspecified atom stereocenters. The summed E-state index contributed by atoms with van der Waals surface area (Å²) in [5, 5.41) is 2.63. The number of piperazine rings is 1. The molecule has 1 fully saturated rings.